The van der Waals surface area contributed by atoms with Gasteiger partial charge in [0.1, 0.15) is 0 Å². The van der Waals surface area contributed by atoms with Crippen molar-refractivity contribution in [3.63, 3.8) is 0 Å². The number of aliphatic imine (C=N–C) groups is 1. The molecule has 0 bridgehead atoms. The van der Waals surface area contributed by atoms with E-state index >= 15 is 0 Å². The molecule has 0 radical (unpaired) electrons. The minimum absolute atomic E-state index is 0. The molecule has 0 aliphatic rings. The monoisotopic (exact) mass is 398 g/mol. The second kappa shape index (κ2) is 20.5. The fourth-order valence-electron chi connectivity index (χ4n) is 0.968. The fraction of sp³-hybridized carbons (Fsp3) is 0.667. The van der Waals surface area contributed by atoms with E-state index in [4.69, 9.17) is 28.3 Å². The largest absolute Gasteiger partial charge is 0.370 e. The predicted octanol–water partition coefficient (Wildman–Crippen LogP) is 1.77. The molecule has 0 fully saturated rings. The lowest BCUT2D eigenvalue weighted by atomic mass is 10.1. The molecule has 2 atom stereocenters. The van der Waals surface area contributed by atoms with Crippen LogP contribution >= 0.6 is 24.8 Å². The lowest BCUT2D eigenvalue weighted by Gasteiger charge is -2.01. The Kier molecular flexibility index (Phi) is 25.7. The zero-order valence-electron chi connectivity index (χ0n) is 15.7. The Labute approximate surface area is 164 Å². The second-order valence-electron chi connectivity index (χ2n) is 5.36. The van der Waals surface area contributed by atoms with Gasteiger partial charge in [-0.2, -0.15) is 5.10 Å². The highest BCUT2D eigenvalue weighted by Crippen LogP contribution is 1.98. The van der Waals surface area contributed by atoms with Crippen LogP contribution in [0.2, 0.25) is 0 Å². The maximum absolute atomic E-state index is 6.83. The summed E-state index contributed by atoms with van der Waals surface area (Å²) in [5, 5.41) is 10.5. The van der Waals surface area contributed by atoms with Crippen molar-refractivity contribution in [1.82, 2.24) is 9.78 Å². The van der Waals surface area contributed by atoms with Gasteiger partial charge in [0, 0.05) is 18.9 Å². The van der Waals surface area contributed by atoms with Crippen LogP contribution in [-0.2, 0) is 0 Å². The average Bonchev–Trinajstić information content (AvgIpc) is 3.07. The summed E-state index contributed by atoms with van der Waals surface area (Å²) in [7, 11) is 0. The molecule has 9 N–H and O–H groups in total. The molecule has 0 aromatic carbocycles. The Balaban J connectivity index is -0.000000130. The third-order valence-electron chi connectivity index (χ3n) is 3.13. The van der Waals surface area contributed by atoms with Gasteiger partial charge >= 0.3 is 0 Å². The normalized spacial score (nSPS) is 10.9. The number of nitrogen functional groups attached to an aromatic ring is 1. The van der Waals surface area contributed by atoms with E-state index in [0.717, 1.165) is 19.5 Å². The van der Waals surface area contributed by atoms with Gasteiger partial charge in [0.05, 0.1) is 0 Å². The molecule has 0 aliphatic carbocycles. The summed E-state index contributed by atoms with van der Waals surface area (Å²) in [6, 6.07) is 1.71. The first-order valence-electron chi connectivity index (χ1n) is 7.87. The summed E-state index contributed by atoms with van der Waals surface area (Å²) in [5.74, 6) is 1.43. The van der Waals surface area contributed by atoms with Crippen molar-refractivity contribution >= 4 is 36.7 Å². The predicted molar refractivity (Wildman–Crippen MR) is 113 cm³/mol. The van der Waals surface area contributed by atoms with Crippen molar-refractivity contribution in [2.75, 3.05) is 13.1 Å². The molecule has 1 aromatic rings. The van der Waals surface area contributed by atoms with Crippen LogP contribution in [-0.4, -0.2) is 34.8 Å². The van der Waals surface area contributed by atoms with Crippen LogP contribution in [0.3, 0.4) is 0 Å². The molecule has 2 unspecified atom stereocenters. The van der Waals surface area contributed by atoms with Crippen molar-refractivity contribution in [2.45, 2.75) is 40.5 Å². The third kappa shape index (κ3) is 22.5. The van der Waals surface area contributed by atoms with Gasteiger partial charge in [0.2, 0.25) is 5.96 Å². The molecular formula is C15H36Cl2N8. The van der Waals surface area contributed by atoms with E-state index < -0.39 is 0 Å². The van der Waals surface area contributed by atoms with E-state index in [1.807, 2.05) is 0 Å². The van der Waals surface area contributed by atoms with E-state index in [-0.39, 0.29) is 36.7 Å². The summed E-state index contributed by atoms with van der Waals surface area (Å²) < 4.78 is 1.28. The van der Waals surface area contributed by atoms with Crippen LogP contribution in [0.5, 0.6) is 0 Å². The van der Waals surface area contributed by atoms with Gasteiger partial charge in [-0.05, 0) is 24.4 Å². The van der Waals surface area contributed by atoms with E-state index in [1.165, 1.54) is 11.1 Å². The van der Waals surface area contributed by atoms with Gasteiger partial charge in [-0.25, -0.2) is 4.68 Å². The number of guanidine groups is 1. The third-order valence-corrected chi connectivity index (χ3v) is 3.13. The molecular weight excluding hydrogens is 363 g/mol. The summed E-state index contributed by atoms with van der Waals surface area (Å²) in [6.07, 6.45) is 5.51. The van der Waals surface area contributed by atoms with E-state index in [1.54, 1.807) is 18.5 Å². The number of aromatic nitrogens is 2. The molecule has 8 nitrogen and oxygen atoms in total. The summed E-state index contributed by atoms with van der Waals surface area (Å²) in [5.41, 5.74) is 20.6. The minimum Gasteiger partial charge on any atom is -0.370 e. The van der Waals surface area contributed by atoms with E-state index in [2.05, 4.69) is 37.8 Å². The van der Waals surface area contributed by atoms with Crippen LogP contribution in [0.4, 0.5) is 0 Å². The Hall–Kier alpha value is -1.51. The first kappa shape index (κ1) is 31.3. The highest BCUT2D eigenvalue weighted by molar-refractivity contribution is 5.85. The van der Waals surface area contributed by atoms with Crippen LogP contribution in [0.25, 0.3) is 0 Å². The Morgan fingerprint density at radius 3 is 1.84 bits per heavy atom. The standard InChI is InChI=1S/C6H15N3.C5H13N.C4H6N4.2ClH/c1-3-5(2)4-9-6(7)8;1-3-5(2)4-6;5-4(6)8-3-1-2-7-8;;/h5H,3-4H2,1-2H3,(H4,7,8,9);5H,3-4,6H2,1-2H3;1-3H,(H3,5,6);2*1H. The van der Waals surface area contributed by atoms with E-state index in [9.17, 15) is 0 Å². The van der Waals surface area contributed by atoms with Crippen LogP contribution in [0, 0.1) is 17.2 Å². The molecule has 0 saturated heterocycles. The van der Waals surface area contributed by atoms with Crippen LogP contribution < -0.4 is 22.9 Å². The number of nitrogens with one attached hydrogen (secondary N) is 1. The molecule has 1 heterocycles. The topological polar surface area (TPSA) is 158 Å². The number of hydrogen-bond donors (Lipinski definition) is 5. The summed E-state index contributed by atoms with van der Waals surface area (Å²) >= 11 is 0. The average molecular weight is 399 g/mol. The number of nitrogens with zero attached hydrogens (tertiary/aromatic N) is 3. The molecule has 25 heavy (non-hydrogen) atoms. The Morgan fingerprint density at radius 1 is 1.12 bits per heavy atom. The van der Waals surface area contributed by atoms with Crippen LogP contribution in [0.1, 0.15) is 40.5 Å². The summed E-state index contributed by atoms with van der Waals surface area (Å²) in [4.78, 5) is 3.87. The highest BCUT2D eigenvalue weighted by Gasteiger charge is 1.94. The number of hydrogen-bond acceptors (Lipinski definition) is 4. The van der Waals surface area contributed by atoms with Gasteiger partial charge in [0.25, 0.3) is 0 Å². The lowest BCUT2D eigenvalue weighted by Crippen LogP contribution is -2.23. The minimum atomic E-state index is -0.0602. The zero-order chi connectivity index (χ0) is 18.3. The number of halogens is 2. The Bertz CT molecular complexity index is 415. The quantitative estimate of drug-likeness (QED) is 0.376. The van der Waals surface area contributed by atoms with Crippen molar-refractivity contribution < 1.29 is 0 Å². The molecule has 0 saturated carbocycles. The van der Waals surface area contributed by atoms with Crippen molar-refractivity contribution in [1.29, 1.82) is 5.41 Å². The first-order chi connectivity index (χ1) is 10.8. The van der Waals surface area contributed by atoms with Gasteiger partial charge in [0.15, 0.2) is 5.96 Å². The number of rotatable bonds is 5. The molecule has 0 spiro atoms. The first-order valence-corrected chi connectivity index (χ1v) is 7.87. The van der Waals surface area contributed by atoms with E-state index in [0.29, 0.717) is 11.8 Å². The van der Waals surface area contributed by atoms with Gasteiger partial charge < -0.3 is 22.9 Å². The fourth-order valence-corrected chi connectivity index (χ4v) is 0.968. The summed E-state index contributed by atoms with van der Waals surface area (Å²) in [6.45, 7) is 10.1. The Morgan fingerprint density at radius 2 is 1.64 bits per heavy atom. The van der Waals surface area contributed by atoms with Crippen molar-refractivity contribution in [3.8, 4) is 0 Å². The SMILES string of the molecule is CCC(C)CN.CCC(C)CN=C(N)N.Cl.Cl.N=C(N)n1cccn1. The molecule has 1 aromatic heterocycles. The molecule has 0 aliphatic heterocycles. The van der Waals surface area contributed by atoms with Crippen LogP contribution in [0.15, 0.2) is 23.5 Å². The van der Waals surface area contributed by atoms with Crippen molar-refractivity contribution in [3.05, 3.63) is 18.5 Å². The molecule has 0 amide bonds. The van der Waals surface area contributed by atoms with Gasteiger partial charge in [-0.3, -0.25) is 10.4 Å². The highest BCUT2D eigenvalue weighted by atomic mass is 35.5. The molecule has 150 valence electrons. The van der Waals surface area contributed by atoms with Gasteiger partial charge in [-0.15, -0.1) is 24.8 Å². The maximum atomic E-state index is 6.83. The second-order valence-corrected chi connectivity index (χ2v) is 5.36. The number of nitrogens with two attached hydrogens (primary N) is 4. The zero-order valence-corrected chi connectivity index (χ0v) is 17.3. The molecule has 1 rings (SSSR count). The smallest absolute Gasteiger partial charge is 0.213 e. The maximum Gasteiger partial charge on any atom is 0.213 e. The van der Waals surface area contributed by atoms with Crippen molar-refractivity contribution in [2.24, 2.45) is 39.8 Å². The lowest BCUT2D eigenvalue weighted by molar-refractivity contribution is 0.576. The molecule has 10 heteroatoms. The van der Waals surface area contributed by atoms with Gasteiger partial charge in [-0.1, -0.05) is 40.5 Å².